The molecule has 0 aliphatic carbocycles. The highest BCUT2D eigenvalue weighted by Gasteiger charge is 2.31. The number of para-hydroxylation sites is 1. The van der Waals surface area contributed by atoms with Crippen molar-refractivity contribution in [3.63, 3.8) is 0 Å². The van der Waals surface area contributed by atoms with Crippen LogP contribution in [0.25, 0.3) is 0 Å². The van der Waals surface area contributed by atoms with Gasteiger partial charge < -0.3 is 14.4 Å². The van der Waals surface area contributed by atoms with E-state index in [1.165, 1.54) is 43.6 Å². The summed E-state index contributed by atoms with van der Waals surface area (Å²) < 4.78 is 39.3. The second-order valence-electron chi connectivity index (χ2n) is 8.19. The lowest BCUT2D eigenvalue weighted by molar-refractivity contribution is -0.384. The van der Waals surface area contributed by atoms with E-state index in [-0.39, 0.29) is 22.0 Å². The highest BCUT2D eigenvalue weighted by molar-refractivity contribution is 7.92. The topological polar surface area (TPSA) is 127 Å². The van der Waals surface area contributed by atoms with E-state index >= 15 is 0 Å². The number of hydrogen-bond donors (Lipinski definition) is 1. The van der Waals surface area contributed by atoms with E-state index in [4.69, 9.17) is 9.47 Å². The van der Waals surface area contributed by atoms with Crippen molar-refractivity contribution in [2.75, 3.05) is 50.0 Å². The zero-order valence-electron chi connectivity index (χ0n) is 20.0. The minimum absolute atomic E-state index is 0.0839. The van der Waals surface area contributed by atoms with E-state index in [9.17, 15) is 18.5 Å². The second kappa shape index (κ2) is 10.8. The van der Waals surface area contributed by atoms with Crippen molar-refractivity contribution < 1.29 is 22.8 Å². The molecular weight excluding hydrogens is 486 g/mol. The van der Waals surface area contributed by atoms with E-state index < -0.39 is 14.9 Å². The number of methoxy groups -OCH3 is 2. The van der Waals surface area contributed by atoms with Crippen molar-refractivity contribution in [1.82, 2.24) is 9.88 Å². The number of aromatic nitrogens is 1. The van der Waals surface area contributed by atoms with Crippen LogP contribution in [0.2, 0.25) is 0 Å². The molecule has 1 N–H and O–H groups in total. The first-order valence-electron chi connectivity index (χ1n) is 11.2. The Labute approximate surface area is 209 Å². The van der Waals surface area contributed by atoms with Crippen molar-refractivity contribution >= 4 is 27.1 Å². The maximum atomic E-state index is 13.3. The number of sulfonamides is 1. The molecule has 0 bridgehead atoms. The Morgan fingerprint density at radius 2 is 1.72 bits per heavy atom. The smallest absolute Gasteiger partial charge is 0.293 e. The number of nitrogens with one attached hydrogen (secondary N) is 1. The molecule has 1 aliphatic heterocycles. The summed E-state index contributed by atoms with van der Waals surface area (Å²) >= 11 is 0. The van der Waals surface area contributed by atoms with Crippen LogP contribution in [-0.4, -0.2) is 63.6 Å². The molecule has 3 aromatic rings. The van der Waals surface area contributed by atoms with Gasteiger partial charge in [-0.15, -0.1) is 0 Å². The van der Waals surface area contributed by atoms with E-state index in [2.05, 4.69) is 14.6 Å². The van der Waals surface area contributed by atoms with Crippen molar-refractivity contribution in [2.45, 2.75) is 11.4 Å². The van der Waals surface area contributed by atoms with Gasteiger partial charge in [-0.1, -0.05) is 18.2 Å². The number of nitro groups is 1. The number of anilines is 2. The third-order valence-corrected chi connectivity index (χ3v) is 7.33. The lowest BCUT2D eigenvalue weighted by atomic mass is 10.1. The summed E-state index contributed by atoms with van der Waals surface area (Å²) in [6.07, 6.45) is 1.32. The third kappa shape index (κ3) is 5.66. The van der Waals surface area contributed by atoms with Crippen LogP contribution in [0.5, 0.6) is 11.6 Å². The van der Waals surface area contributed by atoms with Crippen LogP contribution < -0.4 is 19.1 Å². The standard InChI is InChI=1S/C24H27N5O6S/c1-34-20-9-6-18(7-10-20)17-27-12-14-28(15-13-27)24-21(29(30)31)4-3-5-22(24)36(32,33)26-19-8-11-23(35-2)25-16-19/h3-11,16,26H,12-15,17H2,1-2H3. The molecular formula is C24H27N5O6S. The third-order valence-electron chi connectivity index (χ3n) is 5.92. The van der Waals surface area contributed by atoms with Crippen molar-refractivity contribution in [2.24, 2.45) is 0 Å². The van der Waals surface area contributed by atoms with E-state index in [1.54, 1.807) is 12.0 Å². The van der Waals surface area contributed by atoms with Crippen LogP contribution >= 0.6 is 0 Å². The summed E-state index contributed by atoms with van der Waals surface area (Å²) in [6.45, 7) is 2.83. The first-order valence-corrected chi connectivity index (χ1v) is 12.7. The molecule has 0 radical (unpaired) electrons. The zero-order valence-corrected chi connectivity index (χ0v) is 20.8. The number of hydrogen-bond acceptors (Lipinski definition) is 9. The molecule has 12 heteroatoms. The number of piperazine rings is 1. The van der Waals surface area contributed by atoms with Gasteiger partial charge in [-0.3, -0.25) is 19.7 Å². The van der Waals surface area contributed by atoms with Gasteiger partial charge in [0.25, 0.3) is 15.7 Å². The maximum Gasteiger partial charge on any atom is 0.293 e. The Balaban J connectivity index is 1.55. The molecule has 190 valence electrons. The molecule has 2 aromatic carbocycles. The molecule has 1 aliphatic rings. The molecule has 4 rings (SSSR count). The van der Waals surface area contributed by atoms with Gasteiger partial charge in [-0.05, 0) is 29.8 Å². The summed E-state index contributed by atoms with van der Waals surface area (Å²) in [4.78, 5) is 19.1. The number of nitro benzene ring substituents is 1. The zero-order chi connectivity index (χ0) is 25.7. The van der Waals surface area contributed by atoms with Crippen LogP contribution in [0.4, 0.5) is 17.1 Å². The molecule has 0 spiro atoms. The van der Waals surface area contributed by atoms with Crippen LogP contribution in [-0.2, 0) is 16.6 Å². The van der Waals surface area contributed by atoms with Crippen LogP contribution in [0.1, 0.15) is 5.56 Å². The highest BCUT2D eigenvalue weighted by atomic mass is 32.2. The molecule has 0 unspecified atom stereocenters. The Bertz CT molecular complexity index is 1310. The van der Waals surface area contributed by atoms with Crippen LogP contribution in [0, 0.1) is 10.1 Å². The summed E-state index contributed by atoms with van der Waals surface area (Å²) in [5.74, 6) is 1.12. The molecule has 2 heterocycles. The van der Waals surface area contributed by atoms with Gasteiger partial charge >= 0.3 is 0 Å². The molecule has 1 aromatic heterocycles. The minimum atomic E-state index is -4.14. The number of rotatable bonds is 9. The lowest BCUT2D eigenvalue weighted by Crippen LogP contribution is -2.46. The predicted molar refractivity (Wildman–Crippen MR) is 135 cm³/mol. The molecule has 0 amide bonds. The second-order valence-corrected chi connectivity index (χ2v) is 9.84. The number of ether oxygens (including phenoxy) is 2. The fourth-order valence-corrected chi connectivity index (χ4v) is 5.37. The Kier molecular flexibility index (Phi) is 7.55. The van der Waals surface area contributed by atoms with Crippen molar-refractivity contribution in [3.8, 4) is 11.6 Å². The van der Waals surface area contributed by atoms with Gasteiger partial charge in [0.2, 0.25) is 5.88 Å². The summed E-state index contributed by atoms with van der Waals surface area (Å²) in [5, 5.41) is 11.8. The van der Waals surface area contributed by atoms with E-state index in [0.29, 0.717) is 38.6 Å². The molecule has 1 fully saturated rings. The maximum absolute atomic E-state index is 13.3. The molecule has 0 saturated carbocycles. The van der Waals surface area contributed by atoms with Crippen LogP contribution in [0.15, 0.2) is 65.7 Å². The molecule has 1 saturated heterocycles. The van der Waals surface area contributed by atoms with Gasteiger partial charge in [-0.2, -0.15) is 0 Å². The van der Waals surface area contributed by atoms with Crippen molar-refractivity contribution in [1.29, 1.82) is 0 Å². The average Bonchev–Trinajstić information content (AvgIpc) is 2.89. The average molecular weight is 514 g/mol. The van der Waals surface area contributed by atoms with Gasteiger partial charge in [0.05, 0.1) is 31.0 Å². The molecule has 11 nitrogen and oxygen atoms in total. The first kappa shape index (κ1) is 25.2. The normalized spacial score (nSPS) is 14.3. The van der Waals surface area contributed by atoms with Crippen LogP contribution in [0.3, 0.4) is 0 Å². The molecule has 36 heavy (non-hydrogen) atoms. The van der Waals surface area contributed by atoms with Crippen molar-refractivity contribution in [3.05, 3.63) is 76.5 Å². The monoisotopic (exact) mass is 513 g/mol. The number of benzene rings is 2. The lowest BCUT2D eigenvalue weighted by Gasteiger charge is -2.36. The fraction of sp³-hybridized carbons (Fsp3) is 0.292. The summed E-state index contributed by atoms with van der Waals surface area (Å²) in [5.41, 5.74) is 1.17. The van der Waals surface area contributed by atoms with Gasteiger partial charge in [0, 0.05) is 44.9 Å². The fourth-order valence-electron chi connectivity index (χ4n) is 4.08. The minimum Gasteiger partial charge on any atom is -0.497 e. The molecule has 0 atom stereocenters. The SMILES string of the molecule is COc1ccc(CN2CCN(c3c([N+](=O)[O-])cccc3S(=O)(=O)Nc3ccc(OC)nc3)CC2)cc1. The Hall–Kier alpha value is -3.90. The van der Waals surface area contributed by atoms with Gasteiger partial charge in [0.15, 0.2) is 0 Å². The summed E-state index contributed by atoms with van der Waals surface area (Å²) in [7, 11) is -1.06. The first-order chi connectivity index (χ1) is 17.3. The Morgan fingerprint density at radius 3 is 2.31 bits per heavy atom. The van der Waals surface area contributed by atoms with Gasteiger partial charge in [-0.25, -0.2) is 13.4 Å². The predicted octanol–water partition coefficient (Wildman–Crippen LogP) is 3.13. The Morgan fingerprint density at radius 1 is 1.00 bits per heavy atom. The summed E-state index contributed by atoms with van der Waals surface area (Å²) in [6, 6.07) is 14.9. The highest BCUT2D eigenvalue weighted by Crippen LogP contribution is 2.36. The van der Waals surface area contributed by atoms with E-state index in [0.717, 1.165) is 11.3 Å². The van der Waals surface area contributed by atoms with E-state index in [1.807, 2.05) is 24.3 Å². The number of nitrogens with zero attached hydrogens (tertiary/aromatic N) is 4. The van der Waals surface area contributed by atoms with Gasteiger partial charge in [0.1, 0.15) is 16.3 Å². The number of pyridine rings is 1. The quantitative estimate of drug-likeness (QED) is 0.339. The largest absolute Gasteiger partial charge is 0.497 e.